The number of nitrogens with zero attached hydrogens (tertiary/aromatic N) is 1. The summed E-state index contributed by atoms with van der Waals surface area (Å²) in [6, 6.07) is 4.67. The van der Waals surface area contributed by atoms with Crippen molar-refractivity contribution in [3.8, 4) is 11.5 Å². The SMILES string of the molecule is CC1c2cc(Cl)cc(F)c2OCC1N.CC1c2cc(Cl)cc(F)c2OCC1[N+](=O)[O-].CO. The van der Waals surface area contributed by atoms with E-state index in [4.69, 9.17) is 43.5 Å². The van der Waals surface area contributed by atoms with Gasteiger partial charge in [-0.2, -0.15) is 0 Å². The molecule has 4 rings (SSSR count). The summed E-state index contributed by atoms with van der Waals surface area (Å²) in [5.74, 6) is -0.945. The fourth-order valence-electron chi connectivity index (χ4n) is 3.46. The van der Waals surface area contributed by atoms with Crippen LogP contribution in [0.3, 0.4) is 0 Å². The van der Waals surface area contributed by atoms with Gasteiger partial charge in [-0.25, -0.2) is 8.78 Å². The Kier molecular flexibility index (Phi) is 9.03. The molecular formula is C21H24Cl2F2N2O5. The Morgan fingerprint density at radius 2 is 1.41 bits per heavy atom. The molecule has 176 valence electrons. The van der Waals surface area contributed by atoms with E-state index in [0.717, 1.165) is 18.7 Å². The lowest BCUT2D eigenvalue weighted by Crippen LogP contribution is -2.37. The van der Waals surface area contributed by atoms with Crippen molar-refractivity contribution in [3.63, 3.8) is 0 Å². The van der Waals surface area contributed by atoms with E-state index in [1.54, 1.807) is 13.0 Å². The third kappa shape index (κ3) is 5.58. The lowest BCUT2D eigenvalue weighted by atomic mass is 9.91. The molecule has 2 aromatic rings. The van der Waals surface area contributed by atoms with Crippen LogP contribution in [0, 0.1) is 21.7 Å². The summed E-state index contributed by atoms with van der Waals surface area (Å²) in [7, 11) is 1.00. The van der Waals surface area contributed by atoms with Crippen LogP contribution in [0.15, 0.2) is 24.3 Å². The Labute approximate surface area is 194 Å². The molecule has 2 aliphatic rings. The molecule has 0 aromatic heterocycles. The molecule has 0 spiro atoms. The smallest absolute Gasteiger partial charge is 0.253 e. The van der Waals surface area contributed by atoms with Gasteiger partial charge in [-0.15, -0.1) is 0 Å². The van der Waals surface area contributed by atoms with Gasteiger partial charge in [0.1, 0.15) is 6.61 Å². The second-order valence-corrected chi connectivity index (χ2v) is 8.20. The molecule has 3 N–H and O–H groups in total. The summed E-state index contributed by atoms with van der Waals surface area (Å²) < 4.78 is 37.1. The largest absolute Gasteiger partial charge is 0.489 e. The number of benzene rings is 2. The molecule has 0 radical (unpaired) electrons. The Morgan fingerprint density at radius 1 is 0.969 bits per heavy atom. The number of halogens is 4. The molecule has 0 fully saturated rings. The number of fused-ring (bicyclic) bond motifs is 2. The van der Waals surface area contributed by atoms with Gasteiger partial charge in [-0.05, 0) is 24.3 Å². The van der Waals surface area contributed by atoms with Crippen LogP contribution in [-0.4, -0.2) is 42.4 Å². The fraction of sp³-hybridized carbons (Fsp3) is 0.429. The minimum absolute atomic E-state index is 0.0759. The molecule has 7 nitrogen and oxygen atoms in total. The highest BCUT2D eigenvalue weighted by atomic mass is 35.5. The number of hydrogen-bond acceptors (Lipinski definition) is 6. The van der Waals surface area contributed by atoms with Gasteiger partial charge < -0.3 is 20.3 Å². The van der Waals surface area contributed by atoms with Gasteiger partial charge in [0.25, 0.3) is 6.04 Å². The van der Waals surface area contributed by atoms with Crippen LogP contribution >= 0.6 is 23.2 Å². The molecule has 4 unspecified atom stereocenters. The molecule has 2 aromatic carbocycles. The van der Waals surface area contributed by atoms with Gasteiger partial charge in [0.2, 0.25) is 0 Å². The normalized spacial score (nSPS) is 23.0. The lowest BCUT2D eigenvalue weighted by molar-refractivity contribution is -0.529. The zero-order valence-electron chi connectivity index (χ0n) is 17.6. The van der Waals surface area contributed by atoms with Crippen LogP contribution in [-0.2, 0) is 0 Å². The predicted octanol–water partition coefficient (Wildman–Crippen LogP) is 4.53. The first-order chi connectivity index (χ1) is 15.1. The summed E-state index contributed by atoms with van der Waals surface area (Å²) in [4.78, 5) is 10.3. The van der Waals surface area contributed by atoms with Crippen molar-refractivity contribution >= 4 is 23.2 Å². The molecular weight excluding hydrogens is 469 g/mol. The predicted molar refractivity (Wildman–Crippen MR) is 118 cm³/mol. The van der Waals surface area contributed by atoms with Crippen molar-refractivity contribution in [3.05, 3.63) is 67.2 Å². The molecule has 2 aliphatic heterocycles. The molecule has 4 atom stereocenters. The number of rotatable bonds is 1. The Bertz CT molecular complexity index is 980. The lowest BCUT2D eigenvalue weighted by Gasteiger charge is -2.29. The minimum Gasteiger partial charge on any atom is -0.489 e. The van der Waals surface area contributed by atoms with Crippen molar-refractivity contribution in [2.24, 2.45) is 5.73 Å². The number of hydrogen-bond donors (Lipinski definition) is 2. The van der Waals surface area contributed by atoms with Crippen molar-refractivity contribution in [2.75, 3.05) is 20.3 Å². The van der Waals surface area contributed by atoms with E-state index in [0.29, 0.717) is 22.9 Å². The first-order valence-electron chi connectivity index (χ1n) is 9.67. The van der Waals surface area contributed by atoms with Gasteiger partial charge in [-0.1, -0.05) is 37.0 Å². The van der Waals surface area contributed by atoms with Gasteiger partial charge in [0.05, 0.1) is 5.92 Å². The number of aliphatic hydroxyl groups is 1. The van der Waals surface area contributed by atoms with E-state index in [-0.39, 0.29) is 29.3 Å². The molecule has 2 heterocycles. The molecule has 0 saturated heterocycles. The first-order valence-corrected chi connectivity index (χ1v) is 10.4. The number of aliphatic hydroxyl groups excluding tert-OH is 1. The second kappa shape index (κ2) is 11.1. The summed E-state index contributed by atoms with van der Waals surface area (Å²) in [5.41, 5.74) is 7.02. The summed E-state index contributed by atoms with van der Waals surface area (Å²) in [5, 5.41) is 18.3. The van der Waals surface area contributed by atoms with Crippen molar-refractivity contribution < 1.29 is 28.3 Å². The first kappa shape index (κ1) is 26.1. The van der Waals surface area contributed by atoms with Crippen LogP contribution in [0.2, 0.25) is 10.0 Å². The number of nitro groups is 1. The molecule has 32 heavy (non-hydrogen) atoms. The number of ether oxygens (including phenoxy) is 2. The van der Waals surface area contributed by atoms with Crippen molar-refractivity contribution in [1.82, 2.24) is 0 Å². The van der Waals surface area contributed by atoms with Gasteiger partial charge >= 0.3 is 0 Å². The van der Waals surface area contributed by atoms with Crippen molar-refractivity contribution in [2.45, 2.75) is 37.8 Å². The maximum Gasteiger partial charge on any atom is 0.253 e. The highest BCUT2D eigenvalue weighted by molar-refractivity contribution is 6.31. The topological polar surface area (TPSA) is 108 Å². The Hall–Kier alpha value is -2.20. The van der Waals surface area contributed by atoms with Crippen LogP contribution in [0.4, 0.5) is 8.78 Å². The Morgan fingerprint density at radius 3 is 1.88 bits per heavy atom. The summed E-state index contributed by atoms with van der Waals surface area (Å²) in [6.45, 7) is 3.86. The quantitative estimate of drug-likeness (QED) is 0.447. The van der Waals surface area contributed by atoms with Gasteiger partial charge in [0, 0.05) is 45.2 Å². The molecule has 0 saturated carbocycles. The standard InChI is InChI=1S/C10H9ClFNO3.C10H11ClFNO.CH4O/c1-5-7-2-6(11)3-8(12)10(7)16-4-9(5)13(14)15;1-5-7-2-6(11)3-8(12)10(7)14-4-9(5)13;1-2/h2-3,5,9H,4H2,1H3;2-3,5,9H,4,13H2,1H3;2H,1H3. The Balaban J connectivity index is 0.000000212. The van der Waals surface area contributed by atoms with Crippen LogP contribution < -0.4 is 15.2 Å². The molecule has 0 aliphatic carbocycles. The average molecular weight is 493 g/mol. The average Bonchev–Trinajstić information content (AvgIpc) is 2.73. The minimum atomic E-state index is -0.856. The van der Waals surface area contributed by atoms with Gasteiger partial charge in [-0.3, -0.25) is 10.1 Å². The van der Waals surface area contributed by atoms with E-state index < -0.39 is 28.5 Å². The third-order valence-corrected chi connectivity index (χ3v) is 5.80. The fourth-order valence-corrected chi connectivity index (χ4v) is 3.89. The maximum absolute atomic E-state index is 13.5. The second-order valence-electron chi connectivity index (χ2n) is 7.33. The molecule has 11 heteroatoms. The van der Waals surface area contributed by atoms with Gasteiger partial charge in [0.15, 0.2) is 29.7 Å². The monoisotopic (exact) mass is 492 g/mol. The highest BCUT2D eigenvalue weighted by Crippen LogP contribution is 2.38. The summed E-state index contributed by atoms with van der Waals surface area (Å²) in [6.07, 6.45) is 0. The van der Waals surface area contributed by atoms with Crippen LogP contribution in [0.25, 0.3) is 0 Å². The van der Waals surface area contributed by atoms with E-state index >= 15 is 0 Å². The zero-order chi connectivity index (χ0) is 24.2. The van der Waals surface area contributed by atoms with E-state index in [1.165, 1.54) is 12.1 Å². The zero-order valence-corrected chi connectivity index (χ0v) is 19.2. The van der Waals surface area contributed by atoms with E-state index in [2.05, 4.69) is 0 Å². The van der Waals surface area contributed by atoms with Crippen molar-refractivity contribution in [1.29, 1.82) is 0 Å². The van der Waals surface area contributed by atoms with E-state index in [9.17, 15) is 18.9 Å². The summed E-state index contributed by atoms with van der Waals surface area (Å²) >= 11 is 11.5. The van der Waals surface area contributed by atoms with E-state index in [1.807, 2.05) is 6.92 Å². The molecule has 0 amide bonds. The maximum atomic E-state index is 13.5. The third-order valence-electron chi connectivity index (χ3n) is 5.36. The number of nitrogens with two attached hydrogens (primary N) is 1. The van der Waals surface area contributed by atoms with Crippen LogP contribution in [0.1, 0.15) is 36.8 Å². The highest BCUT2D eigenvalue weighted by Gasteiger charge is 2.37. The van der Waals surface area contributed by atoms with Crippen LogP contribution in [0.5, 0.6) is 11.5 Å². The molecule has 0 bridgehead atoms.